The van der Waals surface area contributed by atoms with Crippen molar-refractivity contribution >= 4 is 38.0 Å². The molecule has 3 rings (SSSR count). The number of benzene rings is 1. The van der Waals surface area contributed by atoms with E-state index >= 15 is 0 Å². The Morgan fingerprint density at radius 1 is 1.24 bits per heavy atom. The van der Waals surface area contributed by atoms with Crippen LogP contribution in [0.25, 0.3) is 10.2 Å². The lowest BCUT2D eigenvalue weighted by Gasteiger charge is -2.02. The van der Waals surface area contributed by atoms with Gasteiger partial charge in [0.15, 0.2) is 5.13 Å². The highest BCUT2D eigenvalue weighted by Gasteiger charge is 2.07. The second kappa shape index (κ2) is 6.45. The lowest BCUT2D eigenvalue weighted by Crippen LogP contribution is -1.98. The number of hydrogen-bond donors (Lipinski definition) is 1. The van der Waals surface area contributed by atoms with Crippen molar-refractivity contribution in [1.29, 1.82) is 0 Å². The van der Waals surface area contributed by atoms with Gasteiger partial charge in [-0.05, 0) is 48.6 Å². The number of fused-ring (bicyclic) bond motifs is 1. The Morgan fingerprint density at radius 2 is 2.14 bits per heavy atom. The molecule has 0 aliphatic carbocycles. The molecule has 0 radical (unpaired) electrons. The zero-order chi connectivity index (χ0) is 14.7. The molecule has 0 spiro atoms. The van der Waals surface area contributed by atoms with Crippen LogP contribution in [-0.4, -0.2) is 11.6 Å². The predicted octanol–water partition coefficient (Wildman–Crippen LogP) is 4.93. The van der Waals surface area contributed by atoms with Gasteiger partial charge in [0.2, 0.25) is 0 Å². The zero-order valence-electron chi connectivity index (χ0n) is 12.2. The molecule has 1 N–H and O–H groups in total. The molecule has 1 aromatic carbocycles. The summed E-state index contributed by atoms with van der Waals surface area (Å²) in [6.45, 7) is 5.72. The summed E-state index contributed by atoms with van der Waals surface area (Å²) in [4.78, 5) is 6.02. The van der Waals surface area contributed by atoms with E-state index in [1.807, 2.05) is 19.1 Å². The van der Waals surface area contributed by atoms with Gasteiger partial charge in [-0.25, -0.2) is 4.98 Å². The molecule has 0 saturated heterocycles. The minimum absolute atomic E-state index is 0.688. The number of nitrogens with one attached hydrogen (secondary N) is 1. The number of ether oxygens (including phenoxy) is 1. The Hall–Kier alpha value is -1.59. The third kappa shape index (κ3) is 3.19. The molecule has 0 saturated carbocycles. The molecule has 0 fully saturated rings. The predicted molar refractivity (Wildman–Crippen MR) is 91.8 cm³/mol. The van der Waals surface area contributed by atoms with Crippen LogP contribution in [0.15, 0.2) is 29.6 Å². The van der Waals surface area contributed by atoms with Crippen LogP contribution in [0.3, 0.4) is 0 Å². The van der Waals surface area contributed by atoms with Crippen LogP contribution in [0, 0.1) is 0 Å². The summed E-state index contributed by atoms with van der Waals surface area (Å²) in [7, 11) is 0. The molecule has 21 heavy (non-hydrogen) atoms. The monoisotopic (exact) mass is 318 g/mol. The van der Waals surface area contributed by atoms with E-state index in [9.17, 15) is 0 Å². The van der Waals surface area contributed by atoms with Crippen LogP contribution in [0.2, 0.25) is 0 Å². The minimum atomic E-state index is 0.688. The van der Waals surface area contributed by atoms with Gasteiger partial charge in [-0.15, -0.1) is 11.3 Å². The van der Waals surface area contributed by atoms with Crippen molar-refractivity contribution in [2.75, 3.05) is 11.9 Å². The minimum Gasteiger partial charge on any atom is -0.494 e. The molecular formula is C16H18N2OS2. The SMILES string of the molecule is CCOc1ccc2nc(NCc3sccc3CC)sc2c1. The molecule has 0 aliphatic rings. The first kappa shape index (κ1) is 14.4. The fourth-order valence-corrected chi connectivity index (χ4v) is 4.04. The van der Waals surface area contributed by atoms with Crippen molar-refractivity contribution in [3.05, 3.63) is 40.1 Å². The quantitative estimate of drug-likeness (QED) is 0.699. The molecule has 0 bridgehead atoms. The number of anilines is 1. The summed E-state index contributed by atoms with van der Waals surface area (Å²) in [6.07, 6.45) is 1.08. The number of thiophene rings is 1. The maximum atomic E-state index is 5.53. The Morgan fingerprint density at radius 3 is 2.95 bits per heavy atom. The molecular weight excluding hydrogens is 300 g/mol. The van der Waals surface area contributed by atoms with Crippen molar-refractivity contribution in [3.8, 4) is 5.75 Å². The molecule has 2 heterocycles. The standard InChI is InChI=1S/C16H18N2OS2/c1-3-11-7-8-20-15(11)10-17-16-18-13-6-5-12(19-4-2)9-14(13)21-16/h5-9H,3-4,10H2,1-2H3,(H,17,18). The first-order valence-corrected chi connectivity index (χ1v) is 8.82. The van der Waals surface area contributed by atoms with Gasteiger partial charge in [-0.3, -0.25) is 0 Å². The van der Waals surface area contributed by atoms with Gasteiger partial charge in [0, 0.05) is 4.88 Å². The number of aromatic nitrogens is 1. The maximum absolute atomic E-state index is 5.53. The molecule has 110 valence electrons. The van der Waals surface area contributed by atoms with Gasteiger partial charge in [0.1, 0.15) is 5.75 Å². The van der Waals surface area contributed by atoms with Gasteiger partial charge < -0.3 is 10.1 Å². The van der Waals surface area contributed by atoms with Crippen molar-refractivity contribution in [3.63, 3.8) is 0 Å². The van der Waals surface area contributed by atoms with E-state index in [4.69, 9.17) is 4.74 Å². The first-order valence-electron chi connectivity index (χ1n) is 7.12. The summed E-state index contributed by atoms with van der Waals surface area (Å²) in [6, 6.07) is 8.26. The van der Waals surface area contributed by atoms with Crippen LogP contribution in [0.4, 0.5) is 5.13 Å². The van der Waals surface area contributed by atoms with Gasteiger partial charge in [-0.1, -0.05) is 18.3 Å². The molecule has 0 amide bonds. The van der Waals surface area contributed by atoms with E-state index in [1.54, 1.807) is 22.7 Å². The van der Waals surface area contributed by atoms with E-state index in [0.29, 0.717) is 6.61 Å². The van der Waals surface area contributed by atoms with Crippen LogP contribution < -0.4 is 10.1 Å². The number of thiazole rings is 1. The molecule has 0 aliphatic heterocycles. The molecule has 0 atom stereocenters. The average molecular weight is 318 g/mol. The summed E-state index contributed by atoms with van der Waals surface area (Å²) in [5.74, 6) is 0.909. The highest BCUT2D eigenvalue weighted by molar-refractivity contribution is 7.22. The molecule has 3 aromatic rings. The van der Waals surface area contributed by atoms with E-state index in [1.165, 1.54) is 10.4 Å². The van der Waals surface area contributed by atoms with E-state index in [2.05, 4.69) is 34.7 Å². The fourth-order valence-electron chi connectivity index (χ4n) is 2.23. The number of aryl methyl sites for hydroxylation is 1. The zero-order valence-corrected chi connectivity index (χ0v) is 13.8. The van der Waals surface area contributed by atoms with Crippen molar-refractivity contribution in [1.82, 2.24) is 4.98 Å². The van der Waals surface area contributed by atoms with Crippen molar-refractivity contribution in [2.45, 2.75) is 26.8 Å². The average Bonchev–Trinajstić information content (AvgIpc) is 3.10. The van der Waals surface area contributed by atoms with Crippen LogP contribution in [0.5, 0.6) is 5.75 Å². The lowest BCUT2D eigenvalue weighted by atomic mass is 10.2. The number of rotatable bonds is 6. The Balaban J connectivity index is 1.75. The lowest BCUT2D eigenvalue weighted by molar-refractivity contribution is 0.341. The second-order valence-corrected chi connectivity index (χ2v) is 6.69. The Labute approximate surface area is 132 Å². The normalized spacial score (nSPS) is 11.0. The third-order valence-corrected chi connectivity index (χ3v) is 5.23. The summed E-state index contributed by atoms with van der Waals surface area (Å²) in [5.41, 5.74) is 2.44. The smallest absolute Gasteiger partial charge is 0.184 e. The van der Waals surface area contributed by atoms with Gasteiger partial charge >= 0.3 is 0 Å². The summed E-state index contributed by atoms with van der Waals surface area (Å²) in [5, 5.41) is 6.56. The Bertz CT molecular complexity index is 733. The maximum Gasteiger partial charge on any atom is 0.184 e. The first-order chi connectivity index (χ1) is 10.3. The van der Waals surface area contributed by atoms with Gasteiger partial charge in [-0.2, -0.15) is 0 Å². The highest BCUT2D eigenvalue weighted by Crippen LogP contribution is 2.30. The third-order valence-electron chi connectivity index (χ3n) is 3.29. The van der Waals surface area contributed by atoms with E-state index < -0.39 is 0 Å². The molecule has 2 aromatic heterocycles. The van der Waals surface area contributed by atoms with E-state index in [-0.39, 0.29) is 0 Å². The van der Waals surface area contributed by atoms with Crippen LogP contribution in [-0.2, 0) is 13.0 Å². The summed E-state index contributed by atoms with van der Waals surface area (Å²) < 4.78 is 6.69. The Kier molecular flexibility index (Phi) is 4.41. The fraction of sp³-hybridized carbons (Fsp3) is 0.312. The topological polar surface area (TPSA) is 34.1 Å². The van der Waals surface area contributed by atoms with E-state index in [0.717, 1.165) is 34.1 Å². The van der Waals surface area contributed by atoms with Crippen LogP contribution >= 0.6 is 22.7 Å². The van der Waals surface area contributed by atoms with Gasteiger partial charge in [0.05, 0.1) is 23.4 Å². The molecule has 3 nitrogen and oxygen atoms in total. The number of hydrogen-bond acceptors (Lipinski definition) is 5. The second-order valence-electron chi connectivity index (χ2n) is 4.66. The highest BCUT2D eigenvalue weighted by atomic mass is 32.1. The number of nitrogens with zero attached hydrogens (tertiary/aromatic N) is 1. The van der Waals surface area contributed by atoms with Gasteiger partial charge in [0.25, 0.3) is 0 Å². The summed E-state index contributed by atoms with van der Waals surface area (Å²) >= 11 is 3.48. The van der Waals surface area contributed by atoms with Crippen molar-refractivity contribution in [2.24, 2.45) is 0 Å². The largest absolute Gasteiger partial charge is 0.494 e. The molecule has 0 unspecified atom stereocenters. The van der Waals surface area contributed by atoms with Crippen LogP contribution in [0.1, 0.15) is 24.3 Å². The molecule has 5 heteroatoms. The van der Waals surface area contributed by atoms with Crippen molar-refractivity contribution < 1.29 is 4.74 Å².